The summed E-state index contributed by atoms with van der Waals surface area (Å²) in [5.74, 6) is -0.915. The fourth-order valence-corrected chi connectivity index (χ4v) is 2.88. The Morgan fingerprint density at radius 3 is 2.72 bits per heavy atom. The molecule has 1 fully saturated rings. The molecule has 0 atom stereocenters. The van der Waals surface area contributed by atoms with Gasteiger partial charge in [-0.1, -0.05) is 17.7 Å². The van der Waals surface area contributed by atoms with Crippen molar-refractivity contribution in [3.63, 3.8) is 0 Å². The normalized spacial score (nSPS) is 15.9. The van der Waals surface area contributed by atoms with Crippen molar-refractivity contribution in [1.29, 1.82) is 0 Å². The zero-order valence-electron chi connectivity index (χ0n) is 9.62. The van der Waals surface area contributed by atoms with Crippen LogP contribution >= 0.6 is 11.6 Å². The fourth-order valence-electron chi connectivity index (χ4n) is 1.52. The number of benzene rings is 1. The summed E-state index contributed by atoms with van der Waals surface area (Å²) in [6.45, 7) is 0.761. The molecule has 0 heterocycles. The third kappa shape index (κ3) is 3.41. The average molecular weight is 293 g/mol. The number of hydrogen-bond acceptors (Lipinski definition) is 3. The van der Waals surface area contributed by atoms with E-state index in [-0.39, 0.29) is 11.6 Å². The highest BCUT2D eigenvalue weighted by molar-refractivity contribution is 7.89. The van der Waals surface area contributed by atoms with Crippen LogP contribution in [-0.2, 0) is 10.0 Å². The summed E-state index contributed by atoms with van der Waals surface area (Å²) in [6.07, 6.45) is 2.27. The average Bonchev–Trinajstić information content (AvgIpc) is 3.12. The molecule has 0 aromatic heterocycles. The summed E-state index contributed by atoms with van der Waals surface area (Å²) < 4.78 is 39.6. The van der Waals surface area contributed by atoms with Crippen LogP contribution < -0.4 is 10.0 Å². The van der Waals surface area contributed by atoms with Gasteiger partial charge in [0.1, 0.15) is 4.90 Å². The monoisotopic (exact) mass is 292 g/mol. The van der Waals surface area contributed by atoms with Gasteiger partial charge in [-0.05, 0) is 25.0 Å². The lowest BCUT2D eigenvalue weighted by Crippen LogP contribution is -2.33. The molecule has 1 saturated carbocycles. The summed E-state index contributed by atoms with van der Waals surface area (Å²) in [4.78, 5) is -0.415. The Labute approximate surface area is 111 Å². The summed E-state index contributed by atoms with van der Waals surface area (Å²) in [5, 5.41) is 2.96. The molecule has 1 aromatic carbocycles. The second kappa shape index (κ2) is 5.52. The predicted molar refractivity (Wildman–Crippen MR) is 67.6 cm³/mol. The zero-order chi connectivity index (χ0) is 13.2. The number of rotatable bonds is 6. The van der Waals surface area contributed by atoms with E-state index in [1.807, 2.05) is 0 Å². The Bertz CT molecular complexity index is 532. The molecule has 100 valence electrons. The minimum Gasteiger partial charge on any atom is -0.313 e. The van der Waals surface area contributed by atoms with E-state index < -0.39 is 20.7 Å². The topological polar surface area (TPSA) is 58.2 Å². The molecule has 1 aromatic rings. The summed E-state index contributed by atoms with van der Waals surface area (Å²) >= 11 is 5.55. The Hall–Kier alpha value is -0.690. The first-order chi connectivity index (χ1) is 8.50. The molecule has 18 heavy (non-hydrogen) atoms. The zero-order valence-corrected chi connectivity index (χ0v) is 11.2. The van der Waals surface area contributed by atoms with Gasteiger partial charge in [0.2, 0.25) is 10.0 Å². The van der Waals surface area contributed by atoms with E-state index in [9.17, 15) is 12.8 Å². The van der Waals surface area contributed by atoms with Gasteiger partial charge in [0.25, 0.3) is 0 Å². The van der Waals surface area contributed by atoms with Crippen molar-refractivity contribution in [2.75, 3.05) is 13.1 Å². The first-order valence-corrected chi connectivity index (χ1v) is 7.54. The highest BCUT2D eigenvalue weighted by Gasteiger charge is 2.22. The van der Waals surface area contributed by atoms with Crippen LogP contribution in [0.3, 0.4) is 0 Å². The second-order valence-electron chi connectivity index (χ2n) is 4.18. The van der Waals surface area contributed by atoms with Crippen molar-refractivity contribution in [2.45, 2.75) is 23.8 Å². The maximum Gasteiger partial charge on any atom is 0.243 e. The SMILES string of the molecule is O=S(=O)(NCCNC1CC1)c1cccc(Cl)c1F. The molecule has 1 aliphatic carbocycles. The predicted octanol–water partition coefficient (Wildman–Crippen LogP) is 1.51. The van der Waals surface area contributed by atoms with Gasteiger partial charge in [-0.25, -0.2) is 17.5 Å². The highest BCUT2D eigenvalue weighted by Crippen LogP contribution is 2.21. The van der Waals surface area contributed by atoms with Crippen LogP contribution in [0.25, 0.3) is 0 Å². The van der Waals surface area contributed by atoms with Gasteiger partial charge in [-0.3, -0.25) is 0 Å². The van der Waals surface area contributed by atoms with Crippen LogP contribution in [-0.4, -0.2) is 27.5 Å². The molecule has 2 rings (SSSR count). The lowest BCUT2D eigenvalue weighted by molar-refractivity contribution is 0.554. The van der Waals surface area contributed by atoms with Crippen LogP contribution in [0, 0.1) is 5.82 Å². The van der Waals surface area contributed by atoms with E-state index in [1.54, 1.807) is 0 Å². The molecule has 0 spiro atoms. The van der Waals surface area contributed by atoms with Gasteiger partial charge < -0.3 is 5.32 Å². The van der Waals surface area contributed by atoms with Crippen molar-refractivity contribution in [3.05, 3.63) is 29.0 Å². The molecule has 0 saturated heterocycles. The molecule has 0 amide bonds. The largest absolute Gasteiger partial charge is 0.313 e. The standard InChI is InChI=1S/C11H14ClFN2O2S/c12-9-2-1-3-10(11(9)13)18(16,17)15-7-6-14-8-4-5-8/h1-3,8,14-15H,4-7H2. The third-order valence-corrected chi connectivity index (χ3v) is 4.40. The fraction of sp³-hybridized carbons (Fsp3) is 0.455. The van der Waals surface area contributed by atoms with E-state index in [2.05, 4.69) is 10.0 Å². The van der Waals surface area contributed by atoms with Gasteiger partial charge in [-0.15, -0.1) is 0 Å². The molecule has 2 N–H and O–H groups in total. The Balaban J connectivity index is 1.98. The molecule has 0 aliphatic heterocycles. The molecule has 7 heteroatoms. The number of nitrogens with one attached hydrogen (secondary N) is 2. The van der Waals surface area contributed by atoms with Crippen LogP contribution in [0.4, 0.5) is 4.39 Å². The highest BCUT2D eigenvalue weighted by atomic mass is 35.5. The summed E-state index contributed by atoms with van der Waals surface area (Å²) in [6, 6.07) is 4.42. The molecule has 0 radical (unpaired) electrons. The number of hydrogen-bond donors (Lipinski definition) is 2. The van der Waals surface area contributed by atoms with E-state index >= 15 is 0 Å². The molecule has 0 bridgehead atoms. The van der Waals surface area contributed by atoms with Crippen molar-refractivity contribution in [3.8, 4) is 0 Å². The molecule has 0 unspecified atom stereocenters. The van der Waals surface area contributed by atoms with Crippen LogP contribution in [0.2, 0.25) is 5.02 Å². The van der Waals surface area contributed by atoms with Crippen LogP contribution in [0.1, 0.15) is 12.8 Å². The maximum atomic E-state index is 13.6. The second-order valence-corrected chi connectivity index (χ2v) is 6.32. The lowest BCUT2D eigenvalue weighted by Gasteiger charge is -2.08. The van der Waals surface area contributed by atoms with Crippen molar-refractivity contribution in [2.24, 2.45) is 0 Å². The Morgan fingerprint density at radius 2 is 2.06 bits per heavy atom. The van der Waals surface area contributed by atoms with E-state index in [4.69, 9.17) is 11.6 Å². The van der Waals surface area contributed by atoms with Crippen molar-refractivity contribution >= 4 is 21.6 Å². The first-order valence-electron chi connectivity index (χ1n) is 5.68. The van der Waals surface area contributed by atoms with Gasteiger partial charge in [-0.2, -0.15) is 0 Å². The van der Waals surface area contributed by atoms with Gasteiger partial charge >= 0.3 is 0 Å². The van der Waals surface area contributed by atoms with Crippen LogP contribution in [0.5, 0.6) is 0 Å². The smallest absolute Gasteiger partial charge is 0.243 e. The van der Waals surface area contributed by atoms with E-state index in [1.165, 1.54) is 18.2 Å². The summed E-state index contributed by atoms with van der Waals surface area (Å²) in [5.41, 5.74) is 0. The van der Waals surface area contributed by atoms with E-state index in [0.717, 1.165) is 12.8 Å². The number of halogens is 2. The van der Waals surface area contributed by atoms with Crippen LogP contribution in [0.15, 0.2) is 23.1 Å². The quantitative estimate of drug-likeness (QED) is 0.782. The van der Waals surface area contributed by atoms with Gasteiger partial charge in [0, 0.05) is 19.1 Å². The Morgan fingerprint density at radius 1 is 1.33 bits per heavy atom. The van der Waals surface area contributed by atoms with Crippen molar-refractivity contribution < 1.29 is 12.8 Å². The molecular weight excluding hydrogens is 279 g/mol. The summed E-state index contributed by atoms with van der Waals surface area (Å²) in [7, 11) is -3.84. The van der Waals surface area contributed by atoms with E-state index in [0.29, 0.717) is 12.6 Å². The minimum absolute atomic E-state index is 0.200. The van der Waals surface area contributed by atoms with Crippen molar-refractivity contribution in [1.82, 2.24) is 10.0 Å². The molecular formula is C11H14ClFN2O2S. The number of sulfonamides is 1. The minimum atomic E-state index is -3.84. The Kier molecular flexibility index (Phi) is 4.21. The maximum absolute atomic E-state index is 13.6. The molecule has 1 aliphatic rings. The molecule has 4 nitrogen and oxygen atoms in total. The lowest BCUT2D eigenvalue weighted by atomic mass is 10.3. The van der Waals surface area contributed by atoms with Gasteiger partial charge in [0.15, 0.2) is 5.82 Å². The third-order valence-electron chi connectivity index (χ3n) is 2.63. The first kappa shape index (κ1) is 13.7. The van der Waals surface area contributed by atoms with Gasteiger partial charge in [0.05, 0.1) is 5.02 Å².